The van der Waals surface area contributed by atoms with Crippen LogP contribution in [0.15, 0.2) is 10.4 Å². The molecule has 2 fully saturated rings. The molecule has 0 radical (unpaired) electrons. The smallest absolute Gasteiger partial charge is 0.378 e. The highest BCUT2D eigenvalue weighted by molar-refractivity contribution is 7.09. The van der Waals surface area contributed by atoms with Crippen molar-refractivity contribution in [3.8, 4) is 0 Å². The number of hydrogen-bond acceptors (Lipinski definition) is 4. The molecular formula is C20H31F3N4OS. The van der Waals surface area contributed by atoms with Crippen LogP contribution in [-0.4, -0.2) is 54.7 Å². The summed E-state index contributed by atoms with van der Waals surface area (Å²) < 4.78 is 44.1. The molecule has 164 valence electrons. The lowest BCUT2D eigenvalue weighted by Crippen LogP contribution is -2.47. The van der Waals surface area contributed by atoms with E-state index in [-0.39, 0.29) is 0 Å². The van der Waals surface area contributed by atoms with Gasteiger partial charge in [-0.15, -0.1) is 11.3 Å². The third kappa shape index (κ3) is 6.84. The SMILES string of the molecule is CCNC(=NCCc1nc(C(F)(F)F)cs1)N1CCC(OCC2CCCC2)CC1. The number of thiazole rings is 1. The van der Waals surface area contributed by atoms with E-state index in [1.165, 1.54) is 25.7 Å². The van der Waals surface area contributed by atoms with Crippen LogP contribution in [0.25, 0.3) is 0 Å². The second-order valence-electron chi connectivity index (χ2n) is 7.78. The number of halogens is 3. The summed E-state index contributed by atoms with van der Waals surface area (Å²) >= 11 is 1.04. The van der Waals surface area contributed by atoms with Crippen molar-refractivity contribution in [3.63, 3.8) is 0 Å². The maximum Gasteiger partial charge on any atom is 0.434 e. The lowest BCUT2D eigenvalue weighted by atomic mass is 10.1. The van der Waals surface area contributed by atoms with E-state index < -0.39 is 11.9 Å². The zero-order valence-corrected chi connectivity index (χ0v) is 17.8. The summed E-state index contributed by atoms with van der Waals surface area (Å²) in [5, 5.41) is 4.84. The van der Waals surface area contributed by atoms with E-state index in [1.54, 1.807) is 0 Å². The van der Waals surface area contributed by atoms with E-state index in [1.807, 2.05) is 6.92 Å². The molecule has 1 aromatic rings. The van der Waals surface area contributed by atoms with Crippen LogP contribution in [-0.2, 0) is 17.3 Å². The average Bonchev–Trinajstić information content (AvgIpc) is 3.38. The maximum absolute atomic E-state index is 12.7. The average molecular weight is 433 g/mol. The molecule has 29 heavy (non-hydrogen) atoms. The number of nitrogens with one attached hydrogen (secondary N) is 1. The molecule has 0 bridgehead atoms. The zero-order valence-electron chi connectivity index (χ0n) is 17.0. The van der Waals surface area contributed by atoms with Crippen molar-refractivity contribution in [2.45, 2.75) is 64.1 Å². The molecule has 0 unspecified atom stereocenters. The predicted molar refractivity (Wildman–Crippen MR) is 109 cm³/mol. The number of nitrogens with zero attached hydrogens (tertiary/aromatic N) is 3. The van der Waals surface area contributed by atoms with E-state index in [4.69, 9.17) is 4.74 Å². The Morgan fingerprint density at radius 3 is 2.62 bits per heavy atom. The van der Waals surface area contributed by atoms with Gasteiger partial charge in [-0.05, 0) is 38.5 Å². The Bertz CT molecular complexity index is 650. The van der Waals surface area contributed by atoms with Crippen LogP contribution >= 0.6 is 11.3 Å². The lowest BCUT2D eigenvalue weighted by molar-refractivity contribution is -0.140. The van der Waals surface area contributed by atoms with Crippen molar-refractivity contribution in [2.75, 3.05) is 32.8 Å². The first kappa shape index (κ1) is 22.3. The molecule has 2 heterocycles. The number of guanidine groups is 1. The van der Waals surface area contributed by atoms with Crippen LogP contribution in [0.1, 0.15) is 56.2 Å². The second-order valence-corrected chi connectivity index (χ2v) is 8.72. The van der Waals surface area contributed by atoms with Crippen molar-refractivity contribution in [2.24, 2.45) is 10.9 Å². The van der Waals surface area contributed by atoms with E-state index in [0.29, 0.717) is 24.1 Å². The Kier molecular flexibility index (Phi) is 8.17. The highest BCUT2D eigenvalue weighted by Crippen LogP contribution is 2.30. The van der Waals surface area contributed by atoms with E-state index in [0.717, 1.165) is 67.7 Å². The van der Waals surface area contributed by atoms with Crippen molar-refractivity contribution in [1.29, 1.82) is 0 Å². The second kappa shape index (κ2) is 10.6. The Hall–Kier alpha value is -1.35. The van der Waals surface area contributed by atoms with Crippen LogP contribution in [0.2, 0.25) is 0 Å². The van der Waals surface area contributed by atoms with Crippen LogP contribution in [0.5, 0.6) is 0 Å². The Labute approximate surface area is 174 Å². The van der Waals surface area contributed by atoms with Gasteiger partial charge in [-0.2, -0.15) is 13.2 Å². The number of hydrogen-bond donors (Lipinski definition) is 1. The topological polar surface area (TPSA) is 49.8 Å². The molecule has 2 aliphatic rings. The minimum Gasteiger partial charge on any atom is -0.378 e. The van der Waals surface area contributed by atoms with Crippen molar-refractivity contribution in [1.82, 2.24) is 15.2 Å². The highest BCUT2D eigenvalue weighted by Gasteiger charge is 2.33. The number of aromatic nitrogens is 1. The first-order chi connectivity index (χ1) is 14.0. The highest BCUT2D eigenvalue weighted by atomic mass is 32.1. The molecule has 5 nitrogen and oxygen atoms in total. The van der Waals surface area contributed by atoms with Gasteiger partial charge in [0.2, 0.25) is 0 Å². The predicted octanol–water partition coefficient (Wildman–Crippen LogP) is 4.34. The lowest BCUT2D eigenvalue weighted by Gasteiger charge is -2.34. The van der Waals surface area contributed by atoms with Gasteiger partial charge in [0, 0.05) is 44.6 Å². The molecule has 3 rings (SSSR count). The van der Waals surface area contributed by atoms with Gasteiger partial charge in [0.15, 0.2) is 11.7 Å². The normalized spacial score (nSPS) is 19.9. The molecule has 1 N–H and O–H groups in total. The fourth-order valence-electron chi connectivity index (χ4n) is 3.92. The van der Waals surface area contributed by atoms with Crippen LogP contribution in [0.3, 0.4) is 0 Å². The monoisotopic (exact) mass is 432 g/mol. The van der Waals surface area contributed by atoms with Gasteiger partial charge in [-0.3, -0.25) is 4.99 Å². The number of ether oxygens (including phenoxy) is 1. The van der Waals surface area contributed by atoms with Gasteiger partial charge >= 0.3 is 6.18 Å². The minimum absolute atomic E-state index is 0.325. The summed E-state index contributed by atoms with van der Waals surface area (Å²) in [7, 11) is 0. The molecule has 0 atom stereocenters. The van der Waals surface area contributed by atoms with Crippen molar-refractivity contribution >= 4 is 17.3 Å². The number of rotatable bonds is 7. The van der Waals surface area contributed by atoms with Gasteiger partial charge in [-0.25, -0.2) is 4.98 Å². The van der Waals surface area contributed by atoms with E-state index in [9.17, 15) is 13.2 Å². The van der Waals surface area contributed by atoms with Gasteiger partial charge in [0.25, 0.3) is 0 Å². The van der Waals surface area contributed by atoms with E-state index in [2.05, 4.69) is 20.2 Å². The molecule has 1 saturated heterocycles. The minimum atomic E-state index is -4.38. The largest absolute Gasteiger partial charge is 0.434 e. The number of aliphatic imine (C=N–C) groups is 1. The molecule has 1 aliphatic carbocycles. The molecule has 0 amide bonds. The number of alkyl halides is 3. The third-order valence-corrected chi connectivity index (χ3v) is 6.46. The molecular weight excluding hydrogens is 401 g/mol. The molecule has 1 aliphatic heterocycles. The quantitative estimate of drug-likeness (QED) is 0.514. The first-order valence-corrected chi connectivity index (χ1v) is 11.5. The van der Waals surface area contributed by atoms with E-state index >= 15 is 0 Å². The summed E-state index contributed by atoms with van der Waals surface area (Å²) in [5.41, 5.74) is -0.812. The fraction of sp³-hybridized carbons (Fsp3) is 0.800. The van der Waals surface area contributed by atoms with Crippen LogP contribution in [0, 0.1) is 5.92 Å². The molecule has 0 spiro atoms. The van der Waals surface area contributed by atoms with Crippen molar-refractivity contribution in [3.05, 3.63) is 16.1 Å². The number of likely N-dealkylation sites (tertiary alicyclic amines) is 1. The molecule has 9 heteroatoms. The summed E-state index contributed by atoms with van der Waals surface area (Å²) in [6.07, 6.45) is 3.62. The fourth-order valence-corrected chi connectivity index (χ4v) is 4.72. The molecule has 1 saturated carbocycles. The zero-order chi connectivity index (χ0) is 20.7. The number of piperidine rings is 1. The summed E-state index contributed by atoms with van der Waals surface area (Å²) in [6, 6.07) is 0. The molecule has 0 aromatic carbocycles. The maximum atomic E-state index is 12.7. The van der Waals surface area contributed by atoms with Gasteiger partial charge in [0.1, 0.15) is 0 Å². The summed E-state index contributed by atoms with van der Waals surface area (Å²) in [6.45, 7) is 5.86. The summed E-state index contributed by atoms with van der Waals surface area (Å²) in [5.74, 6) is 1.57. The molecule has 1 aromatic heterocycles. The van der Waals surface area contributed by atoms with Gasteiger partial charge in [0.05, 0.1) is 11.1 Å². The Morgan fingerprint density at radius 1 is 1.28 bits per heavy atom. The van der Waals surface area contributed by atoms with Gasteiger partial charge < -0.3 is 15.0 Å². The first-order valence-electron chi connectivity index (χ1n) is 10.6. The summed E-state index contributed by atoms with van der Waals surface area (Å²) in [4.78, 5) is 10.5. The van der Waals surface area contributed by atoms with Crippen LogP contribution < -0.4 is 5.32 Å². The Morgan fingerprint density at radius 2 is 2.00 bits per heavy atom. The van der Waals surface area contributed by atoms with Crippen LogP contribution in [0.4, 0.5) is 13.2 Å². The van der Waals surface area contributed by atoms with Gasteiger partial charge in [-0.1, -0.05) is 12.8 Å². The standard InChI is InChI=1S/C20H31F3N4OS/c1-2-24-19(25-10-7-18-26-17(14-29-18)20(21,22)23)27-11-8-16(9-12-27)28-13-15-5-3-4-6-15/h14-16H,2-13H2,1H3,(H,24,25). The van der Waals surface area contributed by atoms with Crippen molar-refractivity contribution < 1.29 is 17.9 Å². The Balaban J connectivity index is 1.44. The third-order valence-electron chi connectivity index (χ3n) is 5.55.